The number of nitrogens with two attached hydrogens (primary N) is 1. The van der Waals surface area contributed by atoms with Crippen LogP contribution in [0.2, 0.25) is 0 Å². The van der Waals surface area contributed by atoms with Crippen molar-refractivity contribution in [1.29, 1.82) is 0 Å². The average molecular weight is 316 g/mol. The molecule has 0 fully saturated rings. The van der Waals surface area contributed by atoms with Crippen LogP contribution in [0.5, 0.6) is 0 Å². The predicted octanol–water partition coefficient (Wildman–Crippen LogP) is 1.74. The van der Waals surface area contributed by atoms with Crippen LogP contribution < -0.4 is 5.73 Å². The van der Waals surface area contributed by atoms with Gasteiger partial charge >= 0.3 is 0 Å². The van der Waals surface area contributed by atoms with Crippen LogP contribution in [0.3, 0.4) is 0 Å². The Bertz CT molecular complexity index is 944. The Morgan fingerprint density at radius 1 is 1.18 bits per heavy atom. The second kappa shape index (κ2) is 5.19. The number of hydrogen-bond donors (Lipinski definition) is 1. The van der Waals surface area contributed by atoms with E-state index in [1.165, 1.54) is 10.2 Å². The van der Waals surface area contributed by atoms with E-state index >= 15 is 0 Å². The lowest BCUT2D eigenvalue weighted by molar-refractivity contribution is 0.588. The zero-order valence-corrected chi connectivity index (χ0v) is 13.1. The summed E-state index contributed by atoms with van der Waals surface area (Å²) in [5, 5.41) is 0. The minimum atomic E-state index is -3.70. The molecule has 0 bridgehead atoms. The summed E-state index contributed by atoms with van der Waals surface area (Å²) in [6.07, 6.45) is 3.04. The number of nitrogens with zero attached hydrogens (tertiary/aromatic N) is 3. The molecule has 0 aliphatic heterocycles. The van der Waals surface area contributed by atoms with Gasteiger partial charge in [-0.05, 0) is 31.5 Å². The Balaban J connectivity index is 2.23. The van der Waals surface area contributed by atoms with Gasteiger partial charge in [0, 0.05) is 12.7 Å². The zero-order chi connectivity index (χ0) is 15.9. The normalized spacial score (nSPS) is 12.0. The standard InChI is InChI=1S/C15H16N4O2S/c1-10-3-5-13(6-4-10)22(20,21)19-9-11(2)14-15(19)17-8-12(7-16)18-14/h3-6,8-9H,7,16H2,1-2H3. The molecule has 7 heteroatoms. The molecule has 3 rings (SSSR count). The van der Waals surface area contributed by atoms with Crippen LogP contribution in [0, 0.1) is 13.8 Å². The Labute approximate surface area is 128 Å². The maximum absolute atomic E-state index is 12.8. The van der Waals surface area contributed by atoms with E-state index in [1.54, 1.807) is 37.4 Å². The van der Waals surface area contributed by atoms with Crippen molar-refractivity contribution < 1.29 is 8.42 Å². The van der Waals surface area contributed by atoms with Crippen LogP contribution in [-0.2, 0) is 16.6 Å². The minimum Gasteiger partial charge on any atom is -0.325 e. The summed E-state index contributed by atoms with van der Waals surface area (Å²) in [6, 6.07) is 6.72. The topological polar surface area (TPSA) is 90.9 Å². The second-order valence-electron chi connectivity index (χ2n) is 5.16. The molecule has 0 amide bonds. The molecule has 2 heterocycles. The molecular formula is C15H16N4O2S. The predicted molar refractivity (Wildman–Crippen MR) is 83.9 cm³/mol. The monoisotopic (exact) mass is 316 g/mol. The third-order valence-corrected chi connectivity index (χ3v) is 5.15. The van der Waals surface area contributed by atoms with Gasteiger partial charge < -0.3 is 5.73 Å². The van der Waals surface area contributed by atoms with E-state index < -0.39 is 10.0 Å². The molecule has 0 radical (unpaired) electrons. The van der Waals surface area contributed by atoms with Gasteiger partial charge in [-0.25, -0.2) is 22.4 Å². The fraction of sp³-hybridized carbons (Fsp3) is 0.200. The Morgan fingerprint density at radius 2 is 1.86 bits per heavy atom. The van der Waals surface area contributed by atoms with Crippen molar-refractivity contribution in [3.8, 4) is 0 Å². The molecule has 1 aromatic carbocycles. The molecule has 0 aliphatic carbocycles. The van der Waals surface area contributed by atoms with E-state index in [0.29, 0.717) is 16.9 Å². The summed E-state index contributed by atoms with van der Waals surface area (Å²) < 4.78 is 26.8. The van der Waals surface area contributed by atoms with Crippen LogP contribution >= 0.6 is 0 Å². The molecule has 0 aliphatic rings. The summed E-state index contributed by atoms with van der Waals surface area (Å²) in [5.41, 5.74) is 8.80. The van der Waals surface area contributed by atoms with E-state index in [-0.39, 0.29) is 11.4 Å². The second-order valence-corrected chi connectivity index (χ2v) is 6.98. The largest absolute Gasteiger partial charge is 0.325 e. The van der Waals surface area contributed by atoms with Crippen molar-refractivity contribution in [2.45, 2.75) is 25.3 Å². The molecule has 0 atom stereocenters. The third-order valence-electron chi connectivity index (χ3n) is 3.48. The summed E-state index contributed by atoms with van der Waals surface area (Å²) in [6.45, 7) is 3.97. The number of aryl methyl sites for hydroxylation is 2. The molecule has 2 N–H and O–H groups in total. The first-order valence-corrected chi connectivity index (χ1v) is 8.23. The first kappa shape index (κ1) is 14.7. The fourth-order valence-electron chi connectivity index (χ4n) is 2.25. The molecular weight excluding hydrogens is 300 g/mol. The molecule has 0 unspecified atom stereocenters. The van der Waals surface area contributed by atoms with E-state index in [4.69, 9.17) is 5.73 Å². The molecule has 114 valence electrons. The SMILES string of the molecule is Cc1ccc(S(=O)(=O)n2cc(C)c3nc(CN)cnc32)cc1. The first-order valence-electron chi connectivity index (χ1n) is 6.79. The van der Waals surface area contributed by atoms with E-state index in [1.807, 2.05) is 6.92 Å². The number of hydrogen-bond acceptors (Lipinski definition) is 5. The van der Waals surface area contributed by atoms with Crippen LogP contribution in [0.1, 0.15) is 16.8 Å². The van der Waals surface area contributed by atoms with Crippen molar-refractivity contribution in [2.24, 2.45) is 5.73 Å². The van der Waals surface area contributed by atoms with Gasteiger partial charge in [-0.3, -0.25) is 0 Å². The van der Waals surface area contributed by atoms with Crippen LogP contribution in [0.4, 0.5) is 0 Å². The van der Waals surface area contributed by atoms with Crippen LogP contribution in [-0.4, -0.2) is 22.4 Å². The van der Waals surface area contributed by atoms with Gasteiger partial charge in [0.2, 0.25) is 0 Å². The Kier molecular flexibility index (Phi) is 3.46. The Morgan fingerprint density at radius 3 is 2.50 bits per heavy atom. The Hall–Kier alpha value is -2.25. The van der Waals surface area contributed by atoms with Crippen molar-refractivity contribution in [3.05, 3.63) is 53.5 Å². The molecule has 3 aromatic rings. The van der Waals surface area contributed by atoms with Crippen LogP contribution in [0.25, 0.3) is 11.2 Å². The molecule has 0 spiro atoms. The van der Waals surface area contributed by atoms with Crippen molar-refractivity contribution in [1.82, 2.24) is 13.9 Å². The highest BCUT2D eigenvalue weighted by Gasteiger charge is 2.21. The molecule has 0 saturated carbocycles. The lowest BCUT2D eigenvalue weighted by Crippen LogP contribution is -2.13. The lowest BCUT2D eigenvalue weighted by Gasteiger charge is -2.07. The molecule has 2 aromatic heterocycles. The van der Waals surface area contributed by atoms with Crippen LogP contribution in [0.15, 0.2) is 41.6 Å². The van der Waals surface area contributed by atoms with E-state index in [2.05, 4.69) is 9.97 Å². The highest BCUT2D eigenvalue weighted by atomic mass is 32.2. The maximum Gasteiger partial charge on any atom is 0.269 e. The van der Waals surface area contributed by atoms with Crippen molar-refractivity contribution in [2.75, 3.05) is 0 Å². The number of rotatable bonds is 3. The summed E-state index contributed by atoms with van der Waals surface area (Å²) in [7, 11) is -3.70. The highest BCUT2D eigenvalue weighted by Crippen LogP contribution is 2.23. The molecule has 22 heavy (non-hydrogen) atoms. The van der Waals surface area contributed by atoms with Gasteiger partial charge in [0.1, 0.15) is 5.52 Å². The quantitative estimate of drug-likeness (QED) is 0.795. The van der Waals surface area contributed by atoms with Gasteiger partial charge in [-0.2, -0.15) is 0 Å². The zero-order valence-electron chi connectivity index (χ0n) is 12.3. The third kappa shape index (κ3) is 2.28. The van der Waals surface area contributed by atoms with E-state index in [0.717, 1.165) is 11.1 Å². The van der Waals surface area contributed by atoms with E-state index in [9.17, 15) is 8.42 Å². The number of benzene rings is 1. The van der Waals surface area contributed by atoms with Crippen molar-refractivity contribution in [3.63, 3.8) is 0 Å². The van der Waals surface area contributed by atoms with Gasteiger partial charge in [0.15, 0.2) is 5.65 Å². The van der Waals surface area contributed by atoms with Gasteiger partial charge in [-0.15, -0.1) is 0 Å². The fourth-order valence-corrected chi connectivity index (χ4v) is 3.61. The lowest BCUT2D eigenvalue weighted by atomic mass is 10.2. The summed E-state index contributed by atoms with van der Waals surface area (Å²) in [4.78, 5) is 8.81. The summed E-state index contributed by atoms with van der Waals surface area (Å²) >= 11 is 0. The van der Waals surface area contributed by atoms with Crippen molar-refractivity contribution >= 4 is 21.2 Å². The van der Waals surface area contributed by atoms with Gasteiger partial charge in [-0.1, -0.05) is 17.7 Å². The molecule has 0 saturated heterocycles. The number of aromatic nitrogens is 3. The summed E-state index contributed by atoms with van der Waals surface area (Å²) in [5.74, 6) is 0. The highest BCUT2D eigenvalue weighted by molar-refractivity contribution is 7.90. The van der Waals surface area contributed by atoms with Gasteiger partial charge in [0.05, 0.1) is 16.8 Å². The maximum atomic E-state index is 12.8. The van der Waals surface area contributed by atoms with Gasteiger partial charge in [0.25, 0.3) is 10.0 Å². The smallest absolute Gasteiger partial charge is 0.269 e. The number of fused-ring (bicyclic) bond motifs is 1. The minimum absolute atomic E-state index is 0.222. The first-order chi connectivity index (χ1) is 10.4. The molecule has 6 nitrogen and oxygen atoms in total. The average Bonchev–Trinajstić information content (AvgIpc) is 2.85.